The number of aromatic nitrogens is 2. The normalized spacial score (nSPS) is 11.1. The van der Waals surface area contributed by atoms with Crippen molar-refractivity contribution < 1.29 is 8.78 Å². The average Bonchev–Trinajstić information content (AvgIpc) is 2.57. The van der Waals surface area contributed by atoms with Crippen LogP contribution in [0, 0.1) is 11.6 Å². The summed E-state index contributed by atoms with van der Waals surface area (Å²) in [5.41, 5.74) is 0.654. The van der Waals surface area contributed by atoms with Gasteiger partial charge in [-0.3, -0.25) is 0 Å². The van der Waals surface area contributed by atoms with Crippen molar-refractivity contribution in [2.24, 2.45) is 0 Å². The first kappa shape index (κ1) is 10.1. The molecule has 80 valence electrons. The van der Waals surface area contributed by atoms with Crippen LogP contribution < -0.4 is 0 Å². The van der Waals surface area contributed by atoms with E-state index in [0.29, 0.717) is 5.52 Å². The molecule has 0 aliphatic rings. The van der Waals surface area contributed by atoms with E-state index in [1.807, 2.05) is 0 Å². The summed E-state index contributed by atoms with van der Waals surface area (Å²) in [4.78, 5) is 7.01. The maximum Gasteiger partial charge on any atom is 0.153 e. The van der Waals surface area contributed by atoms with Crippen molar-refractivity contribution in [2.45, 2.75) is 26.2 Å². The lowest BCUT2D eigenvalue weighted by Crippen LogP contribution is -1.86. The molecule has 1 heterocycles. The van der Waals surface area contributed by atoms with E-state index in [4.69, 9.17) is 0 Å². The Bertz CT molecular complexity index is 477. The van der Waals surface area contributed by atoms with E-state index >= 15 is 0 Å². The molecule has 0 aliphatic carbocycles. The number of fused-ring (bicyclic) bond motifs is 1. The number of aromatic amines is 1. The largest absolute Gasteiger partial charge is 0.342 e. The number of unbranched alkanes of at least 4 members (excludes halogenated alkanes) is 1. The predicted molar refractivity (Wildman–Crippen MR) is 54.6 cm³/mol. The van der Waals surface area contributed by atoms with Gasteiger partial charge in [0, 0.05) is 12.5 Å². The minimum atomic E-state index is -0.607. The molecule has 0 amide bonds. The topological polar surface area (TPSA) is 28.7 Å². The molecule has 1 aromatic heterocycles. The highest BCUT2D eigenvalue weighted by atomic mass is 19.1. The number of nitrogens with zero attached hydrogens (tertiary/aromatic N) is 1. The minimum Gasteiger partial charge on any atom is -0.342 e. The third-order valence-corrected chi connectivity index (χ3v) is 2.32. The molecule has 2 aromatic rings. The number of imidazole rings is 1. The Morgan fingerprint density at radius 1 is 1.33 bits per heavy atom. The van der Waals surface area contributed by atoms with E-state index in [1.54, 1.807) is 0 Å². The number of H-pyrrole nitrogens is 1. The van der Waals surface area contributed by atoms with E-state index in [1.165, 1.54) is 6.07 Å². The van der Waals surface area contributed by atoms with Gasteiger partial charge in [0.25, 0.3) is 0 Å². The zero-order valence-electron chi connectivity index (χ0n) is 8.48. The van der Waals surface area contributed by atoms with Gasteiger partial charge in [0.1, 0.15) is 17.2 Å². The first-order valence-corrected chi connectivity index (χ1v) is 5.04. The summed E-state index contributed by atoms with van der Waals surface area (Å²) < 4.78 is 26.1. The third-order valence-electron chi connectivity index (χ3n) is 2.32. The van der Waals surface area contributed by atoms with Gasteiger partial charge in [0.05, 0.1) is 5.52 Å². The molecule has 0 unspecified atom stereocenters. The summed E-state index contributed by atoms with van der Waals surface area (Å²) in [6, 6.07) is 2.12. The molecule has 1 aromatic carbocycles. The second kappa shape index (κ2) is 3.96. The van der Waals surface area contributed by atoms with Crippen LogP contribution in [0.2, 0.25) is 0 Å². The van der Waals surface area contributed by atoms with Gasteiger partial charge in [-0.25, -0.2) is 13.8 Å². The van der Waals surface area contributed by atoms with Crippen LogP contribution in [0.4, 0.5) is 8.78 Å². The fourth-order valence-electron chi connectivity index (χ4n) is 1.56. The van der Waals surface area contributed by atoms with E-state index in [-0.39, 0.29) is 5.52 Å². The van der Waals surface area contributed by atoms with Crippen LogP contribution in [0.1, 0.15) is 25.6 Å². The molecule has 0 bridgehead atoms. The van der Waals surface area contributed by atoms with Gasteiger partial charge in [0.2, 0.25) is 0 Å². The molecule has 0 saturated carbocycles. The van der Waals surface area contributed by atoms with Crippen LogP contribution in [0.15, 0.2) is 12.1 Å². The number of nitrogens with one attached hydrogen (secondary N) is 1. The number of halogens is 2. The molecule has 0 spiro atoms. The summed E-state index contributed by atoms with van der Waals surface area (Å²) in [5, 5.41) is 0. The predicted octanol–water partition coefficient (Wildman–Crippen LogP) is 3.18. The van der Waals surface area contributed by atoms with Gasteiger partial charge in [-0.05, 0) is 12.5 Å². The van der Waals surface area contributed by atoms with Gasteiger partial charge < -0.3 is 4.98 Å². The first-order chi connectivity index (χ1) is 7.20. The Kier molecular flexibility index (Phi) is 2.66. The fourth-order valence-corrected chi connectivity index (χ4v) is 1.56. The Morgan fingerprint density at radius 3 is 2.87 bits per heavy atom. The molecule has 0 saturated heterocycles. The maximum atomic E-state index is 13.3. The third kappa shape index (κ3) is 1.98. The lowest BCUT2D eigenvalue weighted by Gasteiger charge is -1.90. The molecule has 0 fully saturated rings. The average molecular weight is 210 g/mol. The van der Waals surface area contributed by atoms with Crippen molar-refractivity contribution in [3.8, 4) is 0 Å². The van der Waals surface area contributed by atoms with Crippen molar-refractivity contribution in [1.29, 1.82) is 0 Å². The van der Waals surface area contributed by atoms with Gasteiger partial charge in [-0.1, -0.05) is 13.3 Å². The molecule has 0 atom stereocenters. The molecule has 0 aliphatic heterocycles. The van der Waals surface area contributed by atoms with E-state index in [9.17, 15) is 8.78 Å². The van der Waals surface area contributed by atoms with Crippen LogP contribution in [0.5, 0.6) is 0 Å². The van der Waals surface area contributed by atoms with Gasteiger partial charge >= 0.3 is 0 Å². The van der Waals surface area contributed by atoms with Crippen molar-refractivity contribution in [3.05, 3.63) is 29.6 Å². The number of hydrogen-bond donors (Lipinski definition) is 1. The Morgan fingerprint density at radius 2 is 2.13 bits per heavy atom. The highest BCUT2D eigenvalue weighted by Gasteiger charge is 2.08. The van der Waals surface area contributed by atoms with Crippen molar-refractivity contribution in [1.82, 2.24) is 9.97 Å². The van der Waals surface area contributed by atoms with E-state index in [2.05, 4.69) is 16.9 Å². The summed E-state index contributed by atoms with van der Waals surface area (Å²) in [7, 11) is 0. The minimum absolute atomic E-state index is 0.225. The quantitative estimate of drug-likeness (QED) is 0.828. The SMILES string of the molecule is CCCCc1nc2c(F)cc(F)cc2[nH]1. The monoisotopic (exact) mass is 210 g/mol. The van der Waals surface area contributed by atoms with E-state index in [0.717, 1.165) is 31.2 Å². The van der Waals surface area contributed by atoms with Crippen LogP contribution in [-0.2, 0) is 6.42 Å². The lowest BCUT2D eigenvalue weighted by molar-refractivity contribution is 0.590. The highest BCUT2D eigenvalue weighted by Crippen LogP contribution is 2.17. The molecule has 2 nitrogen and oxygen atoms in total. The van der Waals surface area contributed by atoms with Crippen molar-refractivity contribution in [3.63, 3.8) is 0 Å². The summed E-state index contributed by atoms with van der Waals surface area (Å²) in [6.07, 6.45) is 2.81. The van der Waals surface area contributed by atoms with Crippen LogP contribution in [0.3, 0.4) is 0 Å². The molecule has 15 heavy (non-hydrogen) atoms. The summed E-state index contributed by atoms with van der Waals surface area (Å²) in [6.45, 7) is 2.07. The zero-order chi connectivity index (χ0) is 10.8. The molecule has 4 heteroatoms. The first-order valence-electron chi connectivity index (χ1n) is 5.04. The van der Waals surface area contributed by atoms with Gasteiger partial charge in [0.15, 0.2) is 5.82 Å². The standard InChI is InChI=1S/C11H12F2N2/c1-2-3-4-10-14-9-6-7(12)5-8(13)11(9)15-10/h5-6H,2-4H2,1H3,(H,14,15). The molecule has 1 N–H and O–H groups in total. The lowest BCUT2D eigenvalue weighted by atomic mass is 10.2. The number of hydrogen-bond acceptors (Lipinski definition) is 1. The van der Waals surface area contributed by atoms with Gasteiger partial charge in [-0.15, -0.1) is 0 Å². The van der Waals surface area contributed by atoms with Crippen molar-refractivity contribution >= 4 is 11.0 Å². The maximum absolute atomic E-state index is 13.3. The molecular weight excluding hydrogens is 198 g/mol. The van der Waals surface area contributed by atoms with Crippen LogP contribution in [0.25, 0.3) is 11.0 Å². The zero-order valence-corrected chi connectivity index (χ0v) is 8.48. The molecule has 2 rings (SSSR count). The number of rotatable bonds is 3. The second-order valence-electron chi connectivity index (χ2n) is 3.57. The summed E-state index contributed by atoms with van der Waals surface area (Å²) in [5.74, 6) is -0.467. The van der Waals surface area contributed by atoms with Gasteiger partial charge in [-0.2, -0.15) is 0 Å². The van der Waals surface area contributed by atoms with Crippen LogP contribution >= 0.6 is 0 Å². The van der Waals surface area contributed by atoms with E-state index < -0.39 is 11.6 Å². The summed E-state index contributed by atoms with van der Waals surface area (Å²) >= 11 is 0. The smallest absolute Gasteiger partial charge is 0.153 e. The highest BCUT2D eigenvalue weighted by molar-refractivity contribution is 5.75. The molecular formula is C11H12F2N2. The number of aryl methyl sites for hydroxylation is 1. The fraction of sp³-hybridized carbons (Fsp3) is 0.364. The number of benzene rings is 1. The van der Waals surface area contributed by atoms with Crippen LogP contribution in [-0.4, -0.2) is 9.97 Å². The Hall–Kier alpha value is -1.45. The second-order valence-corrected chi connectivity index (χ2v) is 3.57. The Labute approximate surface area is 86.3 Å². The Balaban J connectivity index is 2.41. The molecule has 0 radical (unpaired) electrons. The van der Waals surface area contributed by atoms with Crippen molar-refractivity contribution in [2.75, 3.05) is 0 Å².